The maximum Gasteiger partial charge on any atom is 0.308 e. The Balaban J connectivity index is 1.39. The third-order valence-electron chi connectivity index (χ3n) is 5.43. The molecule has 1 aromatic carbocycles. The van der Waals surface area contributed by atoms with Gasteiger partial charge in [-0.05, 0) is 51.3 Å². The van der Waals surface area contributed by atoms with Gasteiger partial charge in [-0.2, -0.15) is 0 Å². The summed E-state index contributed by atoms with van der Waals surface area (Å²) in [6.07, 6.45) is 5.20. The molecule has 2 aliphatic rings. The van der Waals surface area contributed by atoms with E-state index in [-0.39, 0.29) is 11.9 Å². The number of thioether (sulfide) groups is 1. The molecule has 0 unspecified atom stereocenters. The Morgan fingerprint density at radius 1 is 1.20 bits per heavy atom. The quantitative estimate of drug-likeness (QED) is 0.722. The Kier molecular flexibility index (Phi) is 6.79. The number of likely N-dealkylation sites (N-methyl/N-ethyl adjacent to an activating group) is 1. The van der Waals surface area contributed by atoms with Crippen molar-refractivity contribution in [2.24, 2.45) is 5.92 Å². The van der Waals surface area contributed by atoms with Crippen LogP contribution in [0.5, 0.6) is 0 Å². The number of likely N-dealkylation sites (tertiary alicyclic amines) is 1. The van der Waals surface area contributed by atoms with E-state index in [9.17, 15) is 4.79 Å². The minimum atomic E-state index is -0.0604. The second-order valence-corrected chi connectivity index (χ2v) is 8.59. The smallest absolute Gasteiger partial charge is 0.308 e. The fourth-order valence-corrected chi connectivity index (χ4v) is 5.21. The summed E-state index contributed by atoms with van der Waals surface area (Å²) in [5, 5.41) is 0.635. The molecule has 0 radical (unpaired) electrons. The summed E-state index contributed by atoms with van der Waals surface area (Å²) in [7, 11) is 3.68. The highest BCUT2D eigenvalue weighted by Crippen LogP contribution is 2.33. The Labute approximate surface area is 155 Å². The van der Waals surface area contributed by atoms with Crippen molar-refractivity contribution < 1.29 is 14.3 Å². The van der Waals surface area contributed by atoms with Crippen molar-refractivity contribution >= 4 is 17.7 Å². The maximum atomic E-state index is 11.6. The molecule has 0 spiro atoms. The number of esters is 1. The number of hydrogen-bond acceptors (Lipinski definition) is 5. The molecule has 4 nitrogen and oxygen atoms in total. The molecule has 0 aromatic heterocycles. The molecule has 1 saturated heterocycles. The summed E-state index contributed by atoms with van der Waals surface area (Å²) >= 11 is 1.98. The maximum absolute atomic E-state index is 11.6. The average Bonchev–Trinajstić information content (AvgIpc) is 2.99. The highest BCUT2D eigenvalue weighted by molar-refractivity contribution is 8.00. The van der Waals surface area contributed by atoms with E-state index >= 15 is 0 Å². The van der Waals surface area contributed by atoms with Crippen LogP contribution in [-0.2, 0) is 14.3 Å². The summed E-state index contributed by atoms with van der Waals surface area (Å²) in [4.78, 5) is 15.4. The van der Waals surface area contributed by atoms with Crippen LogP contribution in [0.25, 0.3) is 0 Å². The molecule has 25 heavy (non-hydrogen) atoms. The molecule has 0 bridgehead atoms. The van der Waals surface area contributed by atoms with E-state index in [1.165, 1.54) is 18.4 Å². The van der Waals surface area contributed by atoms with Crippen LogP contribution in [-0.4, -0.2) is 55.6 Å². The van der Waals surface area contributed by atoms with Crippen LogP contribution in [0.2, 0.25) is 0 Å². The van der Waals surface area contributed by atoms with Crippen molar-refractivity contribution in [2.75, 3.05) is 27.3 Å². The van der Waals surface area contributed by atoms with Crippen LogP contribution in [0.4, 0.5) is 0 Å². The van der Waals surface area contributed by atoms with E-state index in [4.69, 9.17) is 9.47 Å². The number of rotatable bonds is 6. The largest absolute Gasteiger partial charge is 0.469 e. The Morgan fingerprint density at radius 3 is 2.60 bits per heavy atom. The molecule has 5 heteroatoms. The zero-order valence-electron chi connectivity index (χ0n) is 15.2. The van der Waals surface area contributed by atoms with Gasteiger partial charge in [0.15, 0.2) is 0 Å². The van der Waals surface area contributed by atoms with E-state index in [0.717, 1.165) is 38.8 Å². The number of carbonyl (C=O) groups excluding carboxylic acids is 1. The number of methoxy groups -OCH3 is 1. The molecular weight excluding hydrogens is 334 g/mol. The first-order valence-corrected chi connectivity index (χ1v) is 10.1. The van der Waals surface area contributed by atoms with Crippen LogP contribution >= 0.6 is 11.8 Å². The van der Waals surface area contributed by atoms with Crippen LogP contribution in [0.3, 0.4) is 0 Å². The second kappa shape index (κ2) is 9.06. The topological polar surface area (TPSA) is 38.8 Å². The fraction of sp³-hybridized carbons (Fsp3) is 0.650. The lowest BCUT2D eigenvalue weighted by atomic mass is 9.87. The molecule has 1 aromatic rings. The van der Waals surface area contributed by atoms with Gasteiger partial charge in [-0.15, -0.1) is 11.8 Å². The molecule has 1 aliphatic heterocycles. The number of carbonyl (C=O) groups is 1. The predicted molar refractivity (Wildman–Crippen MR) is 101 cm³/mol. The van der Waals surface area contributed by atoms with Gasteiger partial charge in [0.25, 0.3) is 0 Å². The van der Waals surface area contributed by atoms with E-state index in [1.54, 1.807) is 0 Å². The van der Waals surface area contributed by atoms with E-state index in [0.29, 0.717) is 17.4 Å². The lowest BCUT2D eigenvalue weighted by molar-refractivity contribution is -0.147. The minimum absolute atomic E-state index is 0.0604. The Hall–Kier alpha value is -1.04. The van der Waals surface area contributed by atoms with Crippen molar-refractivity contribution in [1.82, 2.24) is 4.90 Å². The Morgan fingerprint density at radius 2 is 1.92 bits per heavy atom. The van der Waals surface area contributed by atoms with Crippen LogP contribution in [0, 0.1) is 5.92 Å². The lowest BCUT2D eigenvalue weighted by Gasteiger charge is -2.29. The number of hydrogen-bond donors (Lipinski definition) is 0. The first-order chi connectivity index (χ1) is 12.2. The highest BCUT2D eigenvalue weighted by Gasteiger charge is 2.32. The normalized spacial score (nSPS) is 30.3. The minimum Gasteiger partial charge on any atom is -0.469 e. The van der Waals surface area contributed by atoms with Gasteiger partial charge in [-0.3, -0.25) is 9.69 Å². The van der Waals surface area contributed by atoms with Crippen LogP contribution < -0.4 is 0 Å². The van der Waals surface area contributed by atoms with Gasteiger partial charge in [-0.25, -0.2) is 0 Å². The van der Waals surface area contributed by atoms with Gasteiger partial charge in [0.1, 0.15) is 0 Å². The van der Waals surface area contributed by atoms with Gasteiger partial charge in [0, 0.05) is 22.7 Å². The van der Waals surface area contributed by atoms with E-state index in [2.05, 4.69) is 42.3 Å². The summed E-state index contributed by atoms with van der Waals surface area (Å²) in [6, 6.07) is 11.1. The average molecular weight is 364 g/mol. The van der Waals surface area contributed by atoms with E-state index in [1.807, 2.05) is 11.8 Å². The van der Waals surface area contributed by atoms with Gasteiger partial charge in [0.05, 0.1) is 25.7 Å². The third-order valence-corrected chi connectivity index (χ3v) is 6.65. The molecular formula is C20H29NO3S. The zero-order chi connectivity index (χ0) is 17.6. The van der Waals surface area contributed by atoms with E-state index < -0.39 is 0 Å². The van der Waals surface area contributed by atoms with Crippen molar-refractivity contribution in [3.05, 3.63) is 30.3 Å². The van der Waals surface area contributed by atoms with Gasteiger partial charge >= 0.3 is 5.97 Å². The highest BCUT2D eigenvalue weighted by atomic mass is 32.2. The molecule has 1 aliphatic carbocycles. The van der Waals surface area contributed by atoms with Crippen molar-refractivity contribution in [3.8, 4) is 0 Å². The van der Waals surface area contributed by atoms with Gasteiger partial charge in [0.2, 0.25) is 0 Å². The first-order valence-electron chi connectivity index (χ1n) is 9.27. The third kappa shape index (κ3) is 5.22. The predicted octanol–water partition coefficient (Wildman–Crippen LogP) is 3.60. The molecule has 2 atom stereocenters. The molecule has 0 amide bonds. The first kappa shape index (κ1) is 18.7. The van der Waals surface area contributed by atoms with Crippen LogP contribution in [0.1, 0.15) is 32.1 Å². The van der Waals surface area contributed by atoms with Gasteiger partial charge in [-0.1, -0.05) is 18.2 Å². The monoisotopic (exact) mass is 363 g/mol. The number of nitrogens with zero attached hydrogens (tertiary/aromatic N) is 1. The lowest BCUT2D eigenvalue weighted by Crippen LogP contribution is -2.33. The second-order valence-electron chi connectivity index (χ2n) is 7.21. The summed E-state index contributed by atoms with van der Waals surface area (Å²) in [5.74, 6) is 0.0143. The number of ether oxygens (including phenoxy) is 2. The Bertz CT molecular complexity index is 545. The van der Waals surface area contributed by atoms with Crippen molar-refractivity contribution in [2.45, 2.75) is 54.4 Å². The zero-order valence-corrected chi connectivity index (χ0v) is 16.0. The van der Waals surface area contributed by atoms with Crippen molar-refractivity contribution in [3.63, 3.8) is 0 Å². The summed E-state index contributed by atoms with van der Waals surface area (Å²) < 4.78 is 11.0. The standard InChI is InChI=1S/C20H29NO3S/c1-21-13-19(25-18-6-4-3-5-7-18)12-16(21)14-24-17-10-8-15(9-11-17)20(22)23-2/h3-7,15-17,19H,8-14H2,1-2H3/t15?,16-,17?,19-/m0/s1. The summed E-state index contributed by atoms with van der Waals surface area (Å²) in [5.41, 5.74) is 0. The summed E-state index contributed by atoms with van der Waals surface area (Å²) in [6.45, 7) is 1.92. The molecule has 1 heterocycles. The van der Waals surface area contributed by atoms with Crippen molar-refractivity contribution in [1.29, 1.82) is 0 Å². The fourth-order valence-electron chi connectivity index (χ4n) is 3.88. The number of benzene rings is 1. The molecule has 3 rings (SSSR count). The van der Waals surface area contributed by atoms with Crippen LogP contribution in [0.15, 0.2) is 35.2 Å². The SMILES string of the molecule is COC(=O)C1CCC(OC[C@@H]2C[C@H](Sc3ccccc3)CN2C)CC1. The molecule has 1 saturated carbocycles. The molecule has 2 fully saturated rings. The molecule has 0 N–H and O–H groups in total. The molecule has 138 valence electrons. The van der Waals surface area contributed by atoms with Gasteiger partial charge < -0.3 is 9.47 Å².